The molecule has 1 saturated carbocycles. The Morgan fingerprint density at radius 2 is 2.06 bits per heavy atom. The van der Waals surface area contributed by atoms with Crippen LogP contribution in [0.1, 0.15) is 12.8 Å². The van der Waals surface area contributed by atoms with E-state index in [1.54, 1.807) is 0 Å². The topological polar surface area (TPSA) is 66.4 Å². The van der Waals surface area contributed by atoms with Gasteiger partial charge in [-0.25, -0.2) is 8.42 Å². The Bertz CT molecular complexity index is 431. The van der Waals surface area contributed by atoms with Gasteiger partial charge in [-0.3, -0.25) is 0 Å². The van der Waals surface area contributed by atoms with Crippen LogP contribution in [-0.4, -0.2) is 43.7 Å². The summed E-state index contributed by atoms with van der Waals surface area (Å²) in [6, 6.07) is -0.261. The molecule has 1 aliphatic heterocycles. The van der Waals surface area contributed by atoms with E-state index in [0.29, 0.717) is 11.8 Å². The third kappa shape index (κ3) is 2.28. The lowest BCUT2D eigenvalue weighted by Crippen LogP contribution is -2.41. The molecule has 3 aliphatic rings. The van der Waals surface area contributed by atoms with E-state index in [4.69, 9.17) is 0 Å². The van der Waals surface area contributed by atoms with Crippen molar-refractivity contribution in [3.63, 3.8) is 0 Å². The lowest BCUT2D eigenvalue weighted by atomic mass is 9.93. The molecule has 3 rings (SSSR count). The monoisotopic (exact) mass is 257 g/mol. The highest BCUT2D eigenvalue weighted by Crippen LogP contribution is 2.43. The molecule has 17 heavy (non-hydrogen) atoms. The number of allylic oxidation sites excluding steroid dienone is 2. The van der Waals surface area contributed by atoms with Gasteiger partial charge >= 0.3 is 0 Å². The van der Waals surface area contributed by atoms with E-state index >= 15 is 0 Å². The van der Waals surface area contributed by atoms with Gasteiger partial charge < -0.3 is 10.4 Å². The molecule has 96 valence electrons. The minimum atomic E-state index is -3.03. The van der Waals surface area contributed by atoms with Crippen LogP contribution in [0.25, 0.3) is 0 Å². The van der Waals surface area contributed by atoms with Crippen molar-refractivity contribution in [3.05, 3.63) is 12.2 Å². The van der Waals surface area contributed by atoms with Crippen LogP contribution in [0.3, 0.4) is 0 Å². The lowest BCUT2D eigenvalue weighted by Gasteiger charge is -2.22. The molecule has 1 heterocycles. The molecule has 0 amide bonds. The first-order valence-electron chi connectivity index (χ1n) is 6.34. The molecule has 0 radical (unpaired) electrons. The van der Waals surface area contributed by atoms with Crippen LogP contribution < -0.4 is 5.32 Å². The zero-order valence-corrected chi connectivity index (χ0v) is 10.6. The molecule has 2 aliphatic carbocycles. The highest BCUT2D eigenvalue weighted by atomic mass is 32.2. The van der Waals surface area contributed by atoms with Gasteiger partial charge in [0, 0.05) is 6.04 Å². The van der Waals surface area contributed by atoms with Crippen LogP contribution in [0, 0.1) is 17.8 Å². The SMILES string of the molecule is O=S1(=O)C[C@H](O)[C@H](NC[C@@H]2C[C@@H]3C=C[C@@H]2C3)C1. The van der Waals surface area contributed by atoms with Gasteiger partial charge in [-0.1, -0.05) is 12.2 Å². The van der Waals surface area contributed by atoms with E-state index in [2.05, 4.69) is 17.5 Å². The molecule has 0 aromatic heterocycles. The van der Waals surface area contributed by atoms with Crippen LogP contribution in [0.4, 0.5) is 0 Å². The van der Waals surface area contributed by atoms with E-state index < -0.39 is 15.9 Å². The highest BCUT2D eigenvalue weighted by molar-refractivity contribution is 7.91. The molecular formula is C12H19NO3S. The zero-order chi connectivity index (χ0) is 12.0. The van der Waals surface area contributed by atoms with Gasteiger partial charge in [0.05, 0.1) is 17.6 Å². The number of aliphatic hydroxyl groups excluding tert-OH is 1. The van der Waals surface area contributed by atoms with Crippen molar-refractivity contribution in [3.8, 4) is 0 Å². The first kappa shape index (κ1) is 11.7. The first-order chi connectivity index (χ1) is 8.03. The summed E-state index contributed by atoms with van der Waals surface area (Å²) in [5.41, 5.74) is 0. The summed E-state index contributed by atoms with van der Waals surface area (Å²) in [6.07, 6.45) is 6.34. The predicted molar refractivity (Wildman–Crippen MR) is 65.3 cm³/mol. The summed E-state index contributed by atoms with van der Waals surface area (Å²) in [5, 5.41) is 12.9. The third-order valence-electron chi connectivity index (χ3n) is 4.38. The van der Waals surface area contributed by atoms with Crippen molar-refractivity contribution >= 4 is 9.84 Å². The fraction of sp³-hybridized carbons (Fsp3) is 0.833. The summed E-state index contributed by atoms with van der Waals surface area (Å²) in [5.74, 6) is 2.04. The van der Waals surface area contributed by atoms with Crippen LogP contribution >= 0.6 is 0 Å². The number of nitrogens with one attached hydrogen (secondary N) is 1. The average Bonchev–Trinajstić information content (AvgIpc) is 2.89. The molecule has 1 saturated heterocycles. The van der Waals surface area contributed by atoms with E-state index in [9.17, 15) is 13.5 Å². The van der Waals surface area contributed by atoms with Gasteiger partial charge in [-0.05, 0) is 37.1 Å². The largest absolute Gasteiger partial charge is 0.390 e. The molecule has 0 unspecified atom stereocenters. The second-order valence-corrected chi connectivity index (χ2v) is 7.85. The van der Waals surface area contributed by atoms with Gasteiger partial charge in [0.1, 0.15) is 0 Å². The van der Waals surface area contributed by atoms with Crippen molar-refractivity contribution in [2.75, 3.05) is 18.1 Å². The van der Waals surface area contributed by atoms with Crippen molar-refractivity contribution in [1.29, 1.82) is 0 Å². The molecule has 4 nitrogen and oxygen atoms in total. The summed E-state index contributed by atoms with van der Waals surface area (Å²) >= 11 is 0. The van der Waals surface area contributed by atoms with Gasteiger partial charge in [0.2, 0.25) is 0 Å². The molecule has 2 bridgehead atoms. The van der Waals surface area contributed by atoms with E-state index in [1.807, 2.05) is 0 Å². The predicted octanol–water partition coefficient (Wildman–Crippen LogP) is -0.0539. The quantitative estimate of drug-likeness (QED) is 0.696. The van der Waals surface area contributed by atoms with Crippen LogP contribution in [0.15, 0.2) is 12.2 Å². The van der Waals surface area contributed by atoms with Gasteiger partial charge in [0.15, 0.2) is 9.84 Å². The number of aliphatic hydroxyl groups is 1. The van der Waals surface area contributed by atoms with Gasteiger partial charge in [-0.2, -0.15) is 0 Å². The smallest absolute Gasteiger partial charge is 0.154 e. The fourth-order valence-corrected chi connectivity index (χ4v) is 5.23. The highest BCUT2D eigenvalue weighted by Gasteiger charge is 2.39. The standard InChI is InChI=1S/C12H19NO3S/c14-12-7-17(15,16)6-11(12)13-5-10-4-8-1-2-9(10)3-8/h1-2,8-14H,3-7H2/t8-,9-,10+,11-,12+/m1/s1. The molecule has 0 aromatic carbocycles. The normalized spacial score (nSPS) is 46.8. The Labute approximate surface area is 102 Å². The van der Waals surface area contributed by atoms with Crippen LogP contribution in [0.2, 0.25) is 0 Å². The lowest BCUT2D eigenvalue weighted by molar-refractivity contribution is 0.162. The molecule has 2 N–H and O–H groups in total. The molecular weight excluding hydrogens is 238 g/mol. The first-order valence-corrected chi connectivity index (χ1v) is 8.16. The number of fused-ring (bicyclic) bond motifs is 2. The van der Waals surface area contributed by atoms with Crippen molar-refractivity contribution < 1.29 is 13.5 Å². The van der Waals surface area contributed by atoms with Crippen molar-refractivity contribution in [1.82, 2.24) is 5.32 Å². The zero-order valence-electron chi connectivity index (χ0n) is 9.75. The molecule has 5 heteroatoms. The van der Waals surface area contributed by atoms with Gasteiger partial charge in [0.25, 0.3) is 0 Å². The number of hydrogen-bond acceptors (Lipinski definition) is 4. The second kappa shape index (κ2) is 4.07. The number of rotatable bonds is 3. The second-order valence-electron chi connectivity index (χ2n) is 5.70. The summed E-state index contributed by atoms with van der Waals surface area (Å²) < 4.78 is 22.7. The van der Waals surface area contributed by atoms with Gasteiger partial charge in [-0.15, -0.1) is 0 Å². The maximum absolute atomic E-state index is 11.4. The average molecular weight is 257 g/mol. The number of hydrogen-bond donors (Lipinski definition) is 2. The van der Waals surface area contributed by atoms with Crippen molar-refractivity contribution in [2.45, 2.75) is 25.0 Å². The Hall–Kier alpha value is -0.390. The molecule has 0 spiro atoms. The van der Waals surface area contributed by atoms with E-state index in [-0.39, 0.29) is 17.5 Å². The maximum atomic E-state index is 11.4. The Morgan fingerprint density at radius 1 is 1.24 bits per heavy atom. The number of sulfone groups is 1. The minimum absolute atomic E-state index is 0.0821. The summed E-state index contributed by atoms with van der Waals surface area (Å²) in [6.45, 7) is 0.836. The maximum Gasteiger partial charge on any atom is 0.154 e. The van der Waals surface area contributed by atoms with Crippen molar-refractivity contribution in [2.24, 2.45) is 17.8 Å². The van der Waals surface area contributed by atoms with Crippen LogP contribution in [-0.2, 0) is 9.84 Å². The fourth-order valence-electron chi connectivity index (χ4n) is 3.46. The summed E-state index contributed by atoms with van der Waals surface area (Å²) in [7, 11) is -3.03. The Kier molecular flexibility index (Phi) is 2.80. The molecule has 5 atom stereocenters. The Morgan fingerprint density at radius 3 is 2.59 bits per heavy atom. The third-order valence-corrected chi connectivity index (χ3v) is 6.10. The minimum Gasteiger partial charge on any atom is -0.390 e. The van der Waals surface area contributed by atoms with Crippen LogP contribution in [0.5, 0.6) is 0 Å². The Balaban J connectivity index is 1.54. The molecule has 0 aromatic rings. The molecule has 2 fully saturated rings. The summed E-state index contributed by atoms with van der Waals surface area (Å²) in [4.78, 5) is 0. The van der Waals surface area contributed by atoms with E-state index in [1.165, 1.54) is 12.8 Å². The van der Waals surface area contributed by atoms with E-state index in [0.717, 1.165) is 12.5 Å².